The molecule has 19 heavy (non-hydrogen) atoms. The van der Waals surface area contributed by atoms with Crippen LogP contribution in [0.3, 0.4) is 0 Å². The monoisotopic (exact) mass is 263 g/mol. The molecule has 1 aliphatic carbocycles. The molecule has 0 radical (unpaired) electrons. The van der Waals surface area contributed by atoms with Crippen molar-refractivity contribution in [3.8, 4) is 0 Å². The molecule has 5 heteroatoms. The summed E-state index contributed by atoms with van der Waals surface area (Å²) in [4.78, 5) is 14.5. The number of nitrogens with one attached hydrogen (secondary N) is 1. The molecule has 0 amide bonds. The summed E-state index contributed by atoms with van der Waals surface area (Å²) < 4.78 is 0. The van der Waals surface area contributed by atoms with Gasteiger partial charge in [-0.3, -0.25) is 10.1 Å². The van der Waals surface area contributed by atoms with E-state index in [1.807, 2.05) is 0 Å². The van der Waals surface area contributed by atoms with Gasteiger partial charge in [-0.25, -0.2) is 4.98 Å². The Morgan fingerprint density at radius 3 is 2.47 bits per heavy atom. The first kappa shape index (κ1) is 13.8. The summed E-state index contributed by atoms with van der Waals surface area (Å²) in [7, 11) is 0. The fraction of sp³-hybridized carbons (Fsp3) is 0.643. The van der Waals surface area contributed by atoms with Gasteiger partial charge in [0.2, 0.25) is 0 Å². The molecule has 0 spiro atoms. The summed E-state index contributed by atoms with van der Waals surface area (Å²) in [5.74, 6) is 2.19. The summed E-state index contributed by atoms with van der Waals surface area (Å²) in [6.45, 7) is 6.30. The van der Waals surface area contributed by atoms with Crippen molar-refractivity contribution in [2.75, 3.05) is 5.32 Å². The van der Waals surface area contributed by atoms with E-state index in [9.17, 15) is 10.1 Å². The molecule has 0 bridgehead atoms. The van der Waals surface area contributed by atoms with Crippen LogP contribution in [0.4, 0.5) is 11.5 Å². The highest BCUT2D eigenvalue weighted by atomic mass is 16.6. The number of hydrogen-bond acceptors (Lipinski definition) is 4. The average Bonchev–Trinajstić information content (AvgIpc) is 2.26. The van der Waals surface area contributed by atoms with Crippen LogP contribution < -0.4 is 5.32 Å². The zero-order chi connectivity index (χ0) is 14.0. The minimum absolute atomic E-state index is 0.0796. The molecule has 1 N–H and O–H groups in total. The van der Waals surface area contributed by atoms with Gasteiger partial charge in [-0.05, 0) is 44.1 Å². The summed E-state index contributed by atoms with van der Waals surface area (Å²) in [5, 5.41) is 14.2. The van der Waals surface area contributed by atoms with Gasteiger partial charge in [0.25, 0.3) is 5.69 Å². The molecule has 1 heterocycles. The van der Waals surface area contributed by atoms with Crippen LogP contribution in [0.2, 0.25) is 0 Å². The third-order valence-electron chi connectivity index (χ3n) is 3.81. The summed E-state index contributed by atoms with van der Waals surface area (Å²) >= 11 is 0. The van der Waals surface area contributed by atoms with Crippen LogP contribution in [-0.2, 0) is 0 Å². The van der Waals surface area contributed by atoms with Crippen molar-refractivity contribution in [3.05, 3.63) is 27.9 Å². The Morgan fingerprint density at radius 1 is 1.32 bits per heavy atom. The van der Waals surface area contributed by atoms with Crippen molar-refractivity contribution in [3.63, 3.8) is 0 Å². The van der Waals surface area contributed by atoms with Crippen LogP contribution in [-0.4, -0.2) is 15.9 Å². The summed E-state index contributed by atoms with van der Waals surface area (Å²) in [5.41, 5.74) is 0.732. The molecule has 2 rings (SSSR count). The lowest BCUT2D eigenvalue weighted by Crippen LogP contribution is -2.30. The molecule has 0 saturated heterocycles. The van der Waals surface area contributed by atoms with Gasteiger partial charge >= 0.3 is 0 Å². The topological polar surface area (TPSA) is 68.1 Å². The van der Waals surface area contributed by atoms with Crippen molar-refractivity contribution in [2.45, 2.75) is 46.1 Å². The van der Waals surface area contributed by atoms with Gasteiger partial charge in [0.05, 0.1) is 4.92 Å². The minimum Gasteiger partial charge on any atom is -0.367 e. The van der Waals surface area contributed by atoms with Crippen LogP contribution in [0.5, 0.6) is 0 Å². The summed E-state index contributed by atoms with van der Waals surface area (Å²) in [6, 6.07) is 2.19. The smallest absolute Gasteiger partial charge is 0.290 e. The molecule has 1 aliphatic rings. The second-order valence-electron chi connectivity index (χ2n) is 5.87. The maximum Gasteiger partial charge on any atom is 0.290 e. The molecule has 104 valence electrons. The molecule has 1 aromatic heterocycles. The standard InChI is InChI=1S/C14H21N3O2/c1-9-4-10(2)6-12(5-9)16-14-7-11(3)13(8-15-14)17(18)19/h7-10,12H,4-6H2,1-3H3,(H,15,16). The normalized spacial score (nSPS) is 27.0. The number of rotatable bonds is 3. The van der Waals surface area contributed by atoms with Gasteiger partial charge in [-0.2, -0.15) is 0 Å². The second kappa shape index (κ2) is 5.55. The van der Waals surface area contributed by atoms with Gasteiger partial charge in [-0.1, -0.05) is 13.8 Å². The number of nitro groups is 1. The molecular weight excluding hydrogens is 242 g/mol. The van der Waals surface area contributed by atoms with Gasteiger partial charge in [0.15, 0.2) is 0 Å². The van der Waals surface area contributed by atoms with Crippen molar-refractivity contribution >= 4 is 11.5 Å². The first-order valence-electron chi connectivity index (χ1n) is 6.83. The molecule has 1 aromatic rings. The largest absolute Gasteiger partial charge is 0.367 e. The zero-order valence-electron chi connectivity index (χ0n) is 11.7. The van der Waals surface area contributed by atoms with E-state index in [1.165, 1.54) is 12.6 Å². The van der Waals surface area contributed by atoms with Crippen LogP contribution in [0.1, 0.15) is 38.7 Å². The number of nitrogens with zero attached hydrogens (tertiary/aromatic N) is 2. The number of anilines is 1. The van der Waals surface area contributed by atoms with E-state index in [0.717, 1.165) is 30.5 Å². The average molecular weight is 263 g/mol. The SMILES string of the molecule is Cc1cc(NC2CC(C)CC(C)C2)ncc1[N+](=O)[O-]. The van der Waals surface area contributed by atoms with E-state index in [1.54, 1.807) is 13.0 Å². The van der Waals surface area contributed by atoms with E-state index in [0.29, 0.717) is 11.6 Å². The predicted octanol–water partition coefficient (Wildman–Crippen LogP) is 3.53. The predicted molar refractivity (Wildman–Crippen MR) is 75.2 cm³/mol. The Labute approximate surface area is 113 Å². The fourth-order valence-electron chi connectivity index (χ4n) is 3.09. The molecule has 0 aromatic carbocycles. The molecular formula is C14H21N3O2. The maximum absolute atomic E-state index is 10.8. The number of pyridine rings is 1. The number of aromatic nitrogens is 1. The zero-order valence-corrected chi connectivity index (χ0v) is 11.7. The van der Waals surface area contributed by atoms with Crippen molar-refractivity contribution < 1.29 is 4.92 Å². The van der Waals surface area contributed by atoms with Crippen molar-refractivity contribution in [1.29, 1.82) is 0 Å². The quantitative estimate of drug-likeness (QED) is 0.669. The van der Waals surface area contributed by atoms with E-state index >= 15 is 0 Å². The Hall–Kier alpha value is -1.65. The molecule has 0 aliphatic heterocycles. The molecule has 2 unspecified atom stereocenters. The lowest BCUT2D eigenvalue weighted by atomic mass is 9.80. The highest BCUT2D eigenvalue weighted by Gasteiger charge is 2.24. The van der Waals surface area contributed by atoms with Crippen molar-refractivity contribution in [2.24, 2.45) is 11.8 Å². The van der Waals surface area contributed by atoms with Gasteiger partial charge in [0.1, 0.15) is 12.0 Å². The third kappa shape index (κ3) is 3.43. The Balaban J connectivity index is 2.07. The molecule has 5 nitrogen and oxygen atoms in total. The number of hydrogen-bond donors (Lipinski definition) is 1. The lowest BCUT2D eigenvalue weighted by Gasteiger charge is -2.32. The van der Waals surface area contributed by atoms with Crippen LogP contribution >= 0.6 is 0 Å². The second-order valence-corrected chi connectivity index (χ2v) is 5.87. The highest BCUT2D eigenvalue weighted by molar-refractivity contribution is 5.47. The van der Waals surface area contributed by atoms with Crippen LogP contribution in [0.25, 0.3) is 0 Å². The first-order valence-corrected chi connectivity index (χ1v) is 6.83. The van der Waals surface area contributed by atoms with Gasteiger partial charge in [0, 0.05) is 11.6 Å². The first-order chi connectivity index (χ1) is 8.95. The Bertz CT molecular complexity index is 466. The van der Waals surface area contributed by atoms with E-state index < -0.39 is 4.92 Å². The van der Waals surface area contributed by atoms with E-state index in [2.05, 4.69) is 24.1 Å². The van der Waals surface area contributed by atoms with Gasteiger partial charge < -0.3 is 5.32 Å². The molecule has 2 atom stereocenters. The maximum atomic E-state index is 10.8. The molecule has 1 saturated carbocycles. The summed E-state index contributed by atoms with van der Waals surface area (Å²) in [6.07, 6.45) is 4.91. The van der Waals surface area contributed by atoms with Crippen LogP contribution in [0, 0.1) is 28.9 Å². The Morgan fingerprint density at radius 2 is 1.95 bits per heavy atom. The van der Waals surface area contributed by atoms with E-state index in [-0.39, 0.29) is 5.69 Å². The van der Waals surface area contributed by atoms with Crippen molar-refractivity contribution in [1.82, 2.24) is 4.98 Å². The highest BCUT2D eigenvalue weighted by Crippen LogP contribution is 2.30. The number of aryl methyl sites for hydroxylation is 1. The lowest BCUT2D eigenvalue weighted by molar-refractivity contribution is -0.385. The minimum atomic E-state index is -0.392. The Kier molecular flexibility index (Phi) is 4.02. The van der Waals surface area contributed by atoms with E-state index in [4.69, 9.17) is 0 Å². The fourth-order valence-corrected chi connectivity index (χ4v) is 3.09. The molecule has 1 fully saturated rings. The van der Waals surface area contributed by atoms with Crippen LogP contribution in [0.15, 0.2) is 12.3 Å². The van der Waals surface area contributed by atoms with Gasteiger partial charge in [-0.15, -0.1) is 0 Å². The third-order valence-corrected chi connectivity index (χ3v) is 3.81.